The second-order valence-electron chi connectivity index (χ2n) is 13.2. The molecular weight excluding hydrogens is 480 g/mol. The third-order valence-electron chi connectivity index (χ3n) is 11.7. The van der Waals surface area contributed by atoms with Gasteiger partial charge in [-0.2, -0.15) is 0 Å². The van der Waals surface area contributed by atoms with E-state index in [0.717, 1.165) is 44.1 Å². The van der Waals surface area contributed by atoms with E-state index in [1.807, 2.05) is 0 Å². The molecule has 9 nitrogen and oxygen atoms in total. The predicted molar refractivity (Wildman–Crippen MR) is 130 cm³/mol. The van der Waals surface area contributed by atoms with Crippen LogP contribution >= 0.6 is 0 Å². The fourth-order valence-electron chi connectivity index (χ4n) is 9.69. The number of aliphatic hydroxyl groups is 5. The van der Waals surface area contributed by atoms with Crippen molar-refractivity contribution in [1.82, 2.24) is 0 Å². The molecule has 0 amide bonds. The van der Waals surface area contributed by atoms with Gasteiger partial charge in [-0.1, -0.05) is 13.8 Å². The lowest BCUT2D eigenvalue weighted by molar-refractivity contribution is -0.293. The van der Waals surface area contributed by atoms with Crippen molar-refractivity contribution >= 4 is 5.97 Å². The van der Waals surface area contributed by atoms with E-state index in [1.54, 1.807) is 6.08 Å². The summed E-state index contributed by atoms with van der Waals surface area (Å²) >= 11 is 0. The Bertz CT molecular complexity index is 954. The molecular formula is C28H42O9. The summed E-state index contributed by atoms with van der Waals surface area (Å²) in [5.74, 6) is -0.0130. The Labute approximate surface area is 217 Å². The molecule has 0 unspecified atom stereocenters. The van der Waals surface area contributed by atoms with E-state index in [-0.39, 0.29) is 48.5 Å². The van der Waals surface area contributed by atoms with Gasteiger partial charge in [0.2, 0.25) is 0 Å². The molecule has 4 aliphatic carbocycles. The highest BCUT2D eigenvalue weighted by Crippen LogP contribution is 2.70. The number of fused-ring (bicyclic) bond motifs is 5. The summed E-state index contributed by atoms with van der Waals surface area (Å²) in [4.78, 5) is 11.8. The Morgan fingerprint density at radius 2 is 1.78 bits per heavy atom. The van der Waals surface area contributed by atoms with Crippen LogP contribution in [-0.4, -0.2) is 87.1 Å². The zero-order chi connectivity index (χ0) is 26.3. The molecule has 0 bridgehead atoms. The average molecular weight is 523 g/mol. The molecule has 13 atom stereocenters. The third-order valence-corrected chi connectivity index (χ3v) is 11.7. The SMILES string of the molecule is C[C@]12CC[C@H](O[C@@H]3OC[C@H](O)[C@@H](O)[C@H]3O)C[C@H]1CC[C@@H]1[C@@H]2[C@H](O)C[C@]2(C)[C@@H](C3=CC(=O)OC3)CC[C@]12O. The summed E-state index contributed by atoms with van der Waals surface area (Å²) in [6.45, 7) is 4.58. The first-order valence-corrected chi connectivity index (χ1v) is 14.1. The molecule has 0 aromatic carbocycles. The van der Waals surface area contributed by atoms with Gasteiger partial charge < -0.3 is 39.7 Å². The molecule has 208 valence electrons. The summed E-state index contributed by atoms with van der Waals surface area (Å²) in [6.07, 6.45) is 2.27. The molecule has 6 rings (SSSR count). The van der Waals surface area contributed by atoms with E-state index >= 15 is 0 Å². The Morgan fingerprint density at radius 3 is 2.51 bits per heavy atom. The van der Waals surface area contributed by atoms with Gasteiger partial charge in [0.15, 0.2) is 6.29 Å². The first-order chi connectivity index (χ1) is 17.5. The Kier molecular flexibility index (Phi) is 6.35. The molecule has 0 aromatic rings. The van der Waals surface area contributed by atoms with Crippen molar-refractivity contribution in [2.75, 3.05) is 13.2 Å². The van der Waals surface area contributed by atoms with E-state index in [1.165, 1.54) is 0 Å². The zero-order valence-electron chi connectivity index (χ0n) is 21.8. The lowest BCUT2D eigenvalue weighted by Gasteiger charge is -2.65. The van der Waals surface area contributed by atoms with Crippen LogP contribution in [0.1, 0.15) is 65.2 Å². The van der Waals surface area contributed by atoms with Gasteiger partial charge in [0, 0.05) is 11.5 Å². The van der Waals surface area contributed by atoms with Crippen LogP contribution < -0.4 is 0 Å². The second kappa shape index (κ2) is 8.98. The number of hydrogen-bond acceptors (Lipinski definition) is 9. The summed E-state index contributed by atoms with van der Waals surface area (Å²) in [5.41, 5.74) is -0.593. The van der Waals surface area contributed by atoms with E-state index < -0.39 is 41.7 Å². The van der Waals surface area contributed by atoms with Crippen LogP contribution in [0.15, 0.2) is 11.6 Å². The first-order valence-electron chi connectivity index (χ1n) is 14.1. The highest BCUT2D eigenvalue weighted by molar-refractivity contribution is 5.85. The van der Waals surface area contributed by atoms with E-state index in [9.17, 15) is 30.3 Å². The van der Waals surface area contributed by atoms with E-state index in [4.69, 9.17) is 14.2 Å². The van der Waals surface area contributed by atoms with Crippen molar-refractivity contribution in [3.05, 3.63) is 11.6 Å². The molecule has 4 saturated carbocycles. The lowest BCUT2D eigenvalue weighted by Crippen LogP contribution is -2.66. The van der Waals surface area contributed by atoms with Crippen molar-refractivity contribution in [2.45, 2.75) is 108 Å². The molecule has 0 spiro atoms. The van der Waals surface area contributed by atoms with Crippen molar-refractivity contribution in [1.29, 1.82) is 0 Å². The standard InChI is InChI=1S/C28H42O9/c1-26-7-5-16(37-25-24(33)23(32)20(30)13-36-25)10-15(26)3-4-18-22(26)19(29)11-27(2)17(6-8-28(18,27)34)14-9-21(31)35-12-14/h9,15-20,22-25,29-30,32-34H,3-8,10-13H2,1-2H3/t15-,16+,17-,18-,19-,20+,22-,23-,24-,25+,26+,27-,28+/m1/s1. The molecule has 2 heterocycles. The normalized spacial score (nSPS) is 55.6. The molecule has 0 radical (unpaired) electrons. The van der Waals surface area contributed by atoms with Gasteiger partial charge in [0.25, 0.3) is 0 Å². The van der Waals surface area contributed by atoms with Gasteiger partial charge in [0.1, 0.15) is 24.9 Å². The molecule has 1 saturated heterocycles. The van der Waals surface area contributed by atoms with Crippen molar-refractivity contribution in [3.63, 3.8) is 0 Å². The molecule has 37 heavy (non-hydrogen) atoms. The molecule has 9 heteroatoms. The van der Waals surface area contributed by atoms with Crippen LogP contribution in [0.3, 0.4) is 0 Å². The van der Waals surface area contributed by atoms with Gasteiger partial charge in [-0.15, -0.1) is 0 Å². The number of cyclic esters (lactones) is 1. The maximum Gasteiger partial charge on any atom is 0.331 e. The van der Waals surface area contributed by atoms with Gasteiger partial charge in [-0.25, -0.2) is 4.79 Å². The number of rotatable bonds is 3. The highest BCUT2D eigenvalue weighted by atomic mass is 16.7. The van der Waals surface area contributed by atoms with Crippen LogP contribution in [0.4, 0.5) is 0 Å². The minimum absolute atomic E-state index is 0.0104. The lowest BCUT2D eigenvalue weighted by atomic mass is 9.42. The Balaban J connectivity index is 1.19. The number of aliphatic hydroxyl groups excluding tert-OH is 4. The van der Waals surface area contributed by atoms with Crippen LogP contribution in [0.25, 0.3) is 0 Å². The Hall–Kier alpha value is -1.07. The van der Waals surface area contributed by atoms with Crippen LogP contribution in [0.2, 0.25) is 0 Å². The zero-order valence-corrected chi connectivity index (χ0v) is 21.8. The maximum absolute atomic E-state index is 12.4. The molecule has 5 fully saturated rings. The maximum atomic E-state index is 12.4. The molecule has 6 aliphatic rings. The van der Waals surface area contributed by atoms with Crippen LogP contribution in [-0.2, 0) is 19.0 Å². The van der Waals surface area contributed by atoms with Crippen LogP contribution in [0, 0.1) is 34.5 Å². The average Bonchev–Trinajstić information content (AvgIpc) is 3.39. The number of ether oxygens (including phenoxy) is 3. The summed E-state index contributed by atoms with van der Waals surface area (Å²) in [6, 6.07) is 0. The summed E-state index contributed by atoms with van der Waals surface area (Å²) in [5, 5.41) is 54.1. The van der Waals surface area contributed by atoms with E-state index in [0.29, 0.717) is 18.8 Å². The molecule has 5 N–H and O–H groups in total. The van der Waals surface area contributed by atoms with Crippen molar-refractivity contribution in [2.24, 2.45) is 34.5 Å². The Morgan fingerprint density at radius 1 is 1.00 bits per heavy atom. The summed E-state index contributed by atoms with van der Waals surface area (Å²) in [7, 11) is 0. The number of esters is 1. The topological polar surface area (TPSA) is 146 Å². The van der Waals surface area contributed by atoms with Crippen LogP contribution in [0.5, 0.6) is 0 Å². The quantitative estimate of drug-likeness (QED) is 0.271. The summed E-state index contributed by atoms with van der Waals surface area (Å²) < 4.78 is 16.8. The van der Waals surface area contributed by atoms with Gasteiger partial charge in [0.05, 0.1) is 24.4 Å². The number of carbonyl (C=O) groups excluding carboxylic acids is 1. The minimum atomic E-state index is -1.30. The van der Waals surface area contributed by atoms with Gasteiger partial charge in [-0.05, 0) is 86.0 Å². The second-order valence-corrected chi connectivity index (χ2v) is 13.2. The third kappa shape index (κ3) is 3.79. The fourth-order valence-corrected chi connectivity index (χ4v) is 9.69. The van der Waals surface area contributed by atoms with Crippen molar-refractivity contribution < 1.29 is 44.5 Å². The number of hydrogen-bond donors (Lipinski definition) is 5. The van der Waals surface area contributed by atoms with Gasteiger partial charge in [-0.3, -0.25) is 0 Å². The van der Waals surface area contributed by atoms with Gasteiger partial charge >= 0.3 is 5.97 Å². The number of carbonyl (C=O) groups is 1. The minimum Gasteiger partial charge on any atom is -0.458 e. The van der Waals surface area contributed by atoms with Crippen molar-refractivity contribution in [3.8, 4) is 0 Å². The fraction of sp³-hybridized carbons (Fsp3) is 0.893. The first kappa shape index (κ1) is 26.2. The largest absolute Gasteiger partial charge is 0.458 e. The van der Waals surface area contributed by atoms with E-state index in [2.05, 4.69) is 13.8 Å². The smallest absolute Gasteiger partial charge is 0.331 e. The highest BCUT2D eigenvalue weighted by Gasteiger charge is 2.70. The predicted octanol–water partition coefficient (Wildman–Crippen LogP) is 1.04. The monoisotopic (exact) mass is 522 g/mol. The molecule has 2 aliphatic heterocycles. The molecule has 0 aromatic heterocycles.